The summed E-state index contributed by atoms with van der Waals surface area (Å²) in [5, 5.41) is 0. The van der Waals surface area contributed by atoms with Gasteiger partial charge in [-0.3, -0.25) is 14.4 Å². The molecule has 0 rings (SSSR count). The Morgan fingerprint density at radius 1 is 0.408 bits per heavy atom. The molecule has 0 amide bonds. The van der Waals surface area contributed by atoms with E-state index in [-0.39, 0.29) is 31.1 Å². The van der Waals surface area contributed by atoms with Crippen LogP contribution in [0.15, 0.2) is 0 Å². The van der Waals surface area contributed by atoms with Gasteiger partial charge in [-0.05, 0) is 25.2 Å². The molecule has 0 spiro atoms. The molecule has 0 heterocycles. The summed E-state index contributed by atoms with van der Waals surface area (Å²) in [6.07, 6.45) is 35.2. The first-order valence-corrected chi connectivity index (χ1v) is 21.4. The molecule has 0 aromatic rings. The normalized spacial score (nSPS) is 12.5. The van der Waals surface area contributed by atoms with E-state index < -0.39 is 6.10 Å². The van der Waals surface area contributed by atoms with Crippen LogP contribution in [0.2, 0.25) is 0 Å². The number of unbranched alkanes of at least 4 members (excludes halogenated alkanes) is 24. The Labute approximate surface area is 304 Å². The zero-order chi connectivity index (χ0) is 36.0. The molecule has 2 atom stereocenters. The fraction of sp³-hybridized carbons (Fsp3) is 0.930. The molecule has 290 valence electrons. The lowest BCUT2D eigenvalue weighted by Gasteiger charge is -2.18. The van der Waals surface area contributed by atoms with Crippen molar-refractivity contribution in [2.75, 3.05) is 13.2 Å². The minimum absolute atomic E-state index is 0.0651. The number of rotatable bonds is 38. The van der Waals surface area contributed by atoms with Crippen molar-refractivity contribution in [2.45, 2.75) is 239 Å². The molecule has 0 aliphatic rings. The number of esters is 3. The summed E-state index contributed by atoms with van der Waals surface area (Å²) in [6.45, 7) is 8.94. The van der Waals surface area contributed by atoms with Gasteiger partial charge in [-0.2, -0.15) is 0 Å². The molecule has 49 heavy (non-hydrogen) atoms. The standard InChI is InChI=1S/C43H82O6/c1-5-8-10-12-14-15-16-17-18-24-28-32-36-43(46)49-40(37-47-41(44)34-30-26-21-13-11-9-6-2)38-48-42(45)35-31-27-23-20-19-22-25-29-33-39(4)7-3/h39-40H,5-38H2,1-4H3/t39?,40-/m0/s1. The Balaban J connectivity index is 4.31. The van der Waals surface area contributed by atoms with Crippen molar-refractivity contribution in [3.05, 3.63) is 0 Å². The summed E-state index contributed by atoms with van der Waals surface area (Å²) in [4.78, 5) is 37.5. The Hall–Kier alpha value is -1.59. The first-order valence-electron chi connectivity index (χ1n) is 21.4. The minimum atomic E-state index is -0.757. The zero-order valence-corrected chi connectivity index (χ0v) is 33.1. The van der Waals surface area contributed by atoms with E-state index in [1.165, 1.54) is 128 Å². The molecular formula is C43H82O6. The summed E-state index contributed by atoms with van der Waals surface area (Å²) >= 11 is 0. The van der Waals surface area contributed by atoms with Crippen molar-refractivity contribution in [1.29, 1.82) is 0 Å². The van der Waals surface area contributed by atoms with E-state index in [0.29, 0.717) is 19.3 Å². The van der Waals surface area contributed by atoms with Gasteiger partial charge in [-0.1, -0.05) is 195 Å². The van der Waals surface area contributed by atoms with Gasteiger partial charge in [0.2, 0.25) is 0 Å². The Bertz CT molecular complexity index is 738. The van der Waals surface area contributed by atoms with Crippen LogP contribution >= 0.6 is 0 Å². The monoisotopic (exact) mass is 695 g/mol. The van der Waals surface area contributed by atoms with Gasteiger partial charge in [-0.15, -0.1) is 0 Å². The van der Waals surface area contributed by atoms with Crippen LogP contribution in [0.1, 0.15) is 233 Å². The van der Waals surface area contributed by atoms with E-state index in [0.717, 1.165) is 63.7 Å². The lowest BCUT2D eigenvalue weighted by atomic mass is 9.99. The Morgan fingerprint density at radius 2 is 0.714 bits per heavy atom. The second-order valence-electron chi connectivity index (χ2n) is 14.9. The second kappa shape index (κ2) is 37.7. The van der Waals surface area contributed by atoms with Crippen LogP contribution in [-0.4, -0.2) is 37.2 Å². The molecule has 0 aromatic heterocycles. The highest BCUT2D eigenvalue weighted by Gasteiger charge is 2.19. The molecular weight excluding hydrogens is 612 g/mol. The summed E-state index contributed by atoms with van der Waals surface area (Å²) < 4.78 is 16.6. The number of carbonyl (C=O) groups is 3. The third kappa shape index (κ3) is 36.0. The first kappa shape index (κ1) is 47.4. The van der Waals surface area contributed by atoms with Crippen LogP contribution in [0.3, 0.4) is 0 Å². The zero-order valence-electron chi connectivity index (χ0n) is 33.1. The SMILES string of the molecule is CCCCCCCCCCCCCCC(=O)O[C@@H](COC(=O)CCCCCCCCC)COC(=O)CCCCCCCCCCC(C)CC. The van der Waals surface area contributed by atoms with Crippen LogP contribution in [0.5, 0.6) is 0 Å². The Kier molecular flexibility index (Phi) is 36.4. The summed E-state index contributed by atoms with van der Waals surface area (Å²) in [6, 6.07) is 0. The van der Waals surface area contributed by atoms with Crippen molar-refractivity contribution in [2.24, 2.45) is 5.92 Å². The van der Waals surface area contributed by atoms with Crippen LogP contribution in [0.25, 0.3) is 0 Å². The van der Waals surface area contributed by atoms with Gasteiger partial charge in [-0.25, -0.2) is 0 Å². The highest BCUT2D eigenvalue weighted by molar-refractivity contribution is 5.71. The molecule has 6 heteroatoms. The lowest BCUT2D eigenvalue weighted by molar-refractivity contribution is -0.167. The Morgan fingerprint density at radius 3 is 1.06 bits per heavy atom. The molecule has 0 bridgehead atoms. The lowest BCUT2D eigenvalue weighted by Crippen LogP contribution is -2.30. The summed E-state index contributed by atoms with van der Waals surface area (Å²) in [7, 11) is 0. The van der Waals surface area contributed by atoms with Gasteiger partial charge in [0, 0.05) is 19.3 Å². The van der Waals surface area contributed by atoms with E-state index in [1.807, 2.05) is 0 Å². The number of hydrogen-bond acceptors (Lipinski definition) is 6. The predicted octanol–water partition coefficient (Wildman–Crippen LogP) is 13.2. The van der Waals surface area contributed by atoms with Crippen molar-refractivity contribution < 1.29 is 28.6 Å². The van der Waals surface area contributed by atoms with Crippen molar-refractivity contribution >= 4 is 17.9 Å². The molecule has 0 radical (unpaired) electrons. The van der Waals surface area contributed by atoms with Gasteiger partial charge >= 0.3 is 17.9 Å². The molecule has 0 fully saturated rings. The molecule has 1 unspecified atom stereocenters. The molecule has 0 aliphatic heterocycles. The fourth-order valence-corrected chi connectivity index (χ4v) is 6.24. The maximum atomic E-state index is 12.6. The van der Waals surface area contributed by atoms with E-state index in [4.69, 9.17) is 14.2 Å². The highest BCUT2D eigenvalue weighted by atomic mass is 16.6. The minimum Gasteiger partial charge on any atom is -0.462 e. The van der Waals surface area contributed by atoms with E-state index >= 15 is 0 Å². The maximum Gasteiger partial charge on any atom is 0.306 e. The number of carbonyl (C=O) groups excluding carboxylic acids is 3. The van der Waals surface area contributed by atoms with Gasteiger partial charge in [0.15, 0.2) is 6.10 Å². The molecule has 6 nitrogen and oxygen atoms in total. The van der Waals surface area contributed by atoms with Gasteiger partial charge in [0.05, 0.1) is 0 Å². The van der Waals surface area contributed by atoms with Gasteiger partial charge in [0.1, 0.15) is 13.2 Å². The largest absolute Gasteiger partial charge is 0.462 e. The second-order valence-corrected chi connectivity index (χ2v) is 14.9. The average Bonchev–Trinajstić information content (AvgIpc) is 3.10. The smallest absolute Gasteiger partial charge is 0.306 e. The highest BCUT2D eigenvalue weighted by Crippen LogP contribution is 2.16. The maximum absolute atomic E-state index is 12.6. The van der Waals surface area contributed by atoms with Gasteiger partial charge in [0.25, 0.3) is 0 Å². The molecule has 0 aromatic carbocycles. The first-order chi connectivity index (χ1) is 23.9. The predicted molar refractivity (Wildman–Crippen MR) is 206 cm³/mol. The van der Waals surface area contributed by atoms with Crippen LogP contribution in [-0.2, 0) is 28.6 Å². The van der Waals surface area contributed by atoms with Crippen LogP contribution in [0.4, 0.5) is 0 Å². The quantitative estimate of drug-likeness (QED) is 0.0364. The summed E-state index contributed by atoms with van der Waals surface area (Å²) in [5.74, 6) is -0.0177. The van der Waals surface area contributed by atoms with Crippen molar-refractivity contribution in [1.82, 2.24) is 0 Å². The van der Waals surface area contributed by atoms with E-state index in [1.54, 1.807) is 0 Å². The third-order valence-corrected chi connectivity index (χ3v) is 9.90. The van der Waals surface area contributed by atoms with Crippen molar-refractivity contribution in [3.8, 4) is 0 Å². The summed E-state index contributed by atoms with van der Waals surface area (Å²) in [5.41, 5.74) is 0. The van der Waals surface area contributed by atoms with E-state index in [9.17, 15) is 14.4 Å². The molecule has 0 saturated carbocycles. The van der Waals surface area contributed by atoms with Crippen LogP contribution < -0.4 is 0 Å². The molecule has 0 aliphatic carbocycles. The fourth-order valence-electron chi connectivity index (χ4n) is 6.24. The third-order valence-electron chi connectivity index (χ3n) is 9.90. The number of ether oxygens (including phenoxy) is 3. The molecule has 0 saturated heterocycles. The van der Waals surface area contributed by atoms with E-state index in [2.05, 4.69) is 27.7 Å². The average molecular weight is 695 g/mol. The molecule has 0 N–H and O–H groups in total. The number of hydrogen-bond donors (Lipinski definition) is 0. The van der Waals surface area contributed by atoms with Crippen LogP contribution in [0, 0.1) is 5.92 Å². The van der Waals surface area contributed by atoms with Crippen molar-refractivity contribution in [3.63, 3.8) is 0 Å². The van der Waals surface area contributed by atoms with Gasteiger partial charge < -0.3 is 14.2 Å². The topological polar surface area (TPSA) is 78.9 Å².